The zero-order chi connectivity index (χ0) is 12.7. The predicted octanol–water partition coefficient (Wildman–Crippen LogP) is 3.18. The molecule has 1 aromatic heterocycles. The van der Waals surface area contributed by atoms with Crippen molar-refractivity contribution >= 4 is 28.5 Å². The van der Waals surface area contributed by atoms with Crippen LogP contribution in [0.3, 0.4) is 0 Å². The number of H-pyrrole nitrogens is 1. The molecule has 0 spiro atoms. The first kappa shape index (κ1) is 11.5. The summed E-state index contributed by atoms with van der Waals surface area (Å²) in [5.74, 6) is -0.248. The van der Waals surface area contributed by atoms with Gasteiger partial charge in [-0.25, -0.2) is 0 Å². The lowest BCUT2D eigenvalue weighted by molar-refractivity contribution is -0.137. The first-order valence-corrected chi connectivity index (χ1v) is 6.39. The van der Waals surface area contributed by atoms with E-state index in [2.05, 4.69) is 10.2 Å². The van der Waals surface area contributed by atoms with Crippen molar-refractivity contribution in [2.24, 2.45) is 5.92 Å². The van der Waals surface area contributed by atoms with Crippen molar-refractivity contribution in [2.45, 2.75) is 25.2 Å². The van der Waals surface area contributed by atoms with E-state index >= 15 is 0 Å². The maximum Gasteiger partial charge on any atom is 0.303 e. The van der Waals surface area contributed by atoms with Crippen LogP contribution in [-0.2, 0) is 4.79 Å². The molecular formula is C13H13ClN2O2. The molecule has 1 aliphatic rings. The molecule has 3 rings (SSSR count). The fraction of sp³-hybridized carbons (Fsp3) is 0.385. The number of carboxylic acids is 1. The number of aromatic nitrogens is 2. The average molecular weight is 265 g/mol. The second kappa shape index (κ2) is 4.28. The average Bonchev–Trinajstić information content (AvgIpc) is 3.11. The Kier molecular flexibility index (Phi) is 2.74. The molecule has 4 nitrogen and oxygen atoms in total. The number of aliphatic carboxylic acids is 1. The number of benzene rings is 1. The molecule has 1 atom stereocenters. The summed E-state index contributed by atoms with van der Waals surface area (Å²) in [5, 5.41) is 17.3. The number of nitrogens with zero attached hydrogens (tertiary/aromatic N) is 1. The second-order valence-electron chi connectivity index (χ2n) is 4.82. The summed E-state index contributed by atoms with van der Waals surface area (Å²) in [6, 6.07) is 5.76. The number of carbonyl (C=O) groups is 1. The number of nitrogens with one attached hydrogen (secondary N) is 1. The van der Waals surface area contributed by atoms with Crippen LogP contribution >= 0.6 is 11.6 Å². The van der Waals surface area contributed by atoms with Gasteiger partial charge in [-0.2, -0.15) is 5.10 Å². The zero-order valence-electron chi connectivity index (χ0n) is 9.69. The molecule has 0 aliphatic heterocycles. The quantitative estimate of drug-likeness (QED) is 0.891. The van der Waals surface area contributed by atoms with Crippen molar-refractivity contribution < 1.29 is 9.90 Å². The number of hydrogen-bond donors (Lipinski definition) is 2. The third kappa shape index (κ3) is 1.97. The lowest BCUT2D eigenvalue weighted by Crippen LogP contribution is -2.08. The molecule has 0 radical (unpaired) electrons. The maximum absolute atomic E-state index is 11.0. The van der Waals surface area contributed by atoms with Crippen molar-refractivity contribution in [1.82, 2.24) is 10.2 Å². The van der Waals surface area contributed by atoms with Crippen LogP contribution in [0.5, 0.6) is 0 Å². The lowest BCUT2D eigenvalue weighted by atomic mass is 9.89. The van der Waals surface area contributed by atoms with Crippen molar-refractivity contribution in [1.29, 1.82) is 0 Å². The molecule has 2 N–H and O–H groups in total. The minimum Gasteiger partial charge on any atom is -0.481 e. The zero-order valence-corrected chi connectivity index (χ0v) is 10.4. The Labute approximate surface area is 109 Å². The smallest absolute Gasteiger partial charge is 0.303 e. The van der Waals surface area contributed by atoms with Crippen LogP contribution in [0.15, 0.2) is 18.2 Å². The van der Waals surface area contributed by atoms with Crippen LogP contribution in [0.25, 0.3) is 10.9 Å². The number of fused-ring (bicyclic) bond motifs is 1. The number of aromatic amines is 1. The number of rotatable bonds is 4. The van der Waals surface area contributed by atoms with Crippen molar-refractivity contribution in [3.8, 4) is 0 Å². The number of carboxylic acid groups (broad SMARTS) is 1. The van der Waals surface area contributed by atoms with Crippen LogP contribution in [0.1, 0.15) is 30.7 Å². The van der Waals surface area contributed by atoms with Gasteiger partial charge >= 0.3 is 5.97 Å². The molecular weight excluding hydrogens is 252 g/mol. The van der Waals surface area contributed by atoms with Crippen molar-refractivity contribution in [2.75, 3.05) is 0 Å². The van der Waals surface area contributed by atoms with Crippen LogP contribution in [-0.4, -0.2) is 21.3 Å². The minimum absolute atomic E-state index is 0.0429. The molecule has 0 saturated heterocycles. The molecule has 94 valence electrons. The molecule has 1 aromatic carbocycles. The summed E-state index contributed by atoms with van der Waals surface area (Å²) in [4.78, 5) is 11.0. The monoisotopic (exact) mass is 264 g/mol. The van der Waals surface area contributed by atoms with E-state index in [-0.39, 0.29) is 12.3 Å². The molecule has 1 heterocycles. The molecule has 18 heavy (non-hydrogen) atoms. The van der Waals surface area contributed by atoms with E-state index in [1.807, 2.05) is 18.2 Å². The van der Waals surface area contributed by atoms with Crippen molar-refractivity contribution in [3.05, 3.63) is 28.9 Å². The van der Waals surface area contributed by atoms with E-state index < -0.39 is 5.97 Å². The first-order chi connectivity index (χ1) is 8.66. The molecule has 5 heteroatoms. The van der Waals surface area contributed by atoms with Crippen LogP contribution in [0.2, 0.25) is 5.15 Å². The Morgan fingerprint density at radius 1 is 1.56 bits per heavy atom. The SMILES string of the molecule is O=C(O)CC(c1cccc2n[nH]c(Cl)c12)C1CC1. The standard InChI is InChI=1S/C13H13ClN2O2/c14-13-12-8(2-1-3-10(12)15-16-13)9(6-11(17)18)7-4-5-7/h1-3,7,9H,4-6H2,(H,15,16)(H,17,18). The Bertz CT molecular complexity index is 604. The molecule has 1 fully saturated rings. The van der Waals surface area contributed by atoms with E-state index in [0.29, 0.717) is 11.1 Å². The highest BCUT2D eigenvalue weighted by molar-refractivity contribution is 6.34. The fourth-order valence-corrected chi connectivity index (χ4v) is 2.83. The van der Waals surface area contributed by atoms with E-state index in [9.17, 15) is 4.79 Å². The van der Waals surface area contributed by atoms with E-state index in [1.54, 1.807) is 0 Å². The molecule has 1 aliphatic carbocycles. The molecule has 1 saturated carbocycles. The maximum atomic E-state index is 11.0. The highest BCUT2D eigenvalue weighted by Gasteiger charge is 2.35. The Hall–Kier alpha value is -1.55. The summed E-state index contributed by atoms with van der Waals surface area (Å²) < 4.78 is 0. The minimum atomic E-state index is -0.761. The van der Waals surface area contributed by atoms with Crippen molar-refractivity contribution in [3.63, 3.8) is 0 Å². The number of hydrogen-bond acceptors (Lipinski definition) is 2. The molecule has 2 aromatic rings. The van der Waals surface area contributed by atoms with Gasteiger partial charge in [-0.3, -0.25) is 9.89 Å². The van der Waals surface area contributed by atoms with Gasteiger partial charge in [0.25, 0.3) is 0 Å². The summed E-state index contributed by atoms with van der Waals surface area (Å²) in [7, 11) is 0. The van der Waals surface area contributed by atoms with Gasteiger partial charge in [-0.05, 0) is 36.3 Å². The van der Waals surface area contributed by atoms with Gasteiger partial charge in [0.15, 0.2) is 0 Å². The number of halogens is 1. The van der Waals surface area contributed by atoms with E-state index in [4.69, 9.17) is 16.7 Å². The van der Waals surface area contributed by atoms with Gasteiger partial charge in [0.1, 0.15) is 5.15 Å². The predicted molar refractivity (Wildman–Crippen MR) is 68.8 cm³/mol. The summed E-state index contributed by atoms with van der Waals surface area (Å²) in [6.07, 6.45) is 2.36. The first-order valence-electron chi connectivity index (χ1n) is 6.01. The Morgan fingerprint density at radius 3 is 3.00 bits per heavy atom. The lowest BCUT2D eigenvalue weighted by Gasteiger charge is -2.15. The van der Waals surface area contributed by atoms with Gasteiger partial charge in [0.2, 0.25) is 0 Å². The topological polar surface area (TPSA) is 66.0 Å². The molecule has 0 amide bonds. The van der Waals surface area contributed by atoms with Crippen LogP contribution in [0, 0.1) is 5.92 Å². The third-order valence-electron chi connectivity index (χ3n) is 3.55. The van der Waals surface area contributed by atoms with Gasteiger partial charge in [-0.15, -0.1) is 0 Å². The van der Waals surface area contributed by atoms with Gasteiger partial charge in [-0.1, -0.05) is 23.7 Å². The molecule has 0 bridgehead atoms. The highest BCUT2D eigenvalue weighted by atomic mass is 35.5. The summed E-state index contributed by atoms with van der Waals surface area (Å²) in [5.41, 5.74) is 1.81. The van der Waals surface area contributed by atoms with E-state index in [0.717, 1.165) is 29.3 Å². The highest BCUT2D eigenvalue weighted by Crippen LogP contribution is 2.46. The fourth-order valence-electron chi connectivity index (χ4n) is 2.58. The Balaban J connectivity index is 2.10. The second-order valence-corrected chi connectivity index (χ2v) is 5.20. The Morgan fingerprint density at radius 2 is 2.33 bits per heavy atom. The largest absolute Gasteiger partial charge is 0.481 e. The third-order valence-corrected chi connectivity index (χ3v) is 3.83. The van der Waals surface area contributed by atoms with Gasteiger partial charge in [0, 0.05) is 5.39 Å². The molecule has 1 unspecified atom stereocenters. The van der Waals surface area contributed by atoms with E-state index in [1.165, 1.54) is 0 Å². The van der Waals surface area contributed by atoms with Gasteiger partial charge < -0.3 is 5.11 Å². The van der Waals surface area contributed by atoms with Crippen LogP contribution in [0.4, 0.5) is 0 Å². The summed E-state index contributed by atoms with van der Waals surface area (Å²) in [6.45, 7) is 0. The normalized spacial score (nSPS) is 16.9. The van der Waals surface area contributed by atoms with Gasteiger partial charge in [0.05, 0.1) is 11.9 Å². The van der Waals surface area contributed by atoms with Crippen LogP contribution < -0.4 is 0 Å². The summed E-state index contributed by atoms with van der Waals surface area (Å²) >= 11 is 6.12.